The largest absolute Gasteiger partial charge is 0.497 e. The van der Waals surface area contributed by atoms with E-state index in [9.17, 15) is 4.79 Å². The fourth-order valence-corrected chi connectivity index (χ4v) is 3.85. The number of benzene rings is 3. The van der Waals surface area contributed by atoms with E-state index in [2.05, 4.69) is 47.1 Å². The van der Waals surface area contributed by atoms with Crippen LogP contribution in [0.15, 0.2) is 96.5 Å². The number of amidine groups is 1. The van der Waals surface area contributed by atoms with Gasteiger partial charge in [-0.25, -0.2) is 4.99 Å². The highest BCUT2D eigenvalue weighted by atomic mass is 16.5. The fourth-order valence-electron chi connectivity index (χ4n) is 3.85. The van der Waals surface area contributed by atoms with Crippen LogP contribution in [0.25, 0.3) is 6.08 Å². The van der Waals surface area contributed by atoms with Crippen LogP contribution in [0.5, 0.6) is 5.75 Å². The first-order valence-electron chi connectivity index (χ1n) is 11.4. The predicted octanol–water partition coefficient (Wildman–Crippen LogP) is 5.41. The van der Waals surface area contributed by atoms with Crippen molar-refractivity contribution in [2.45, 2.75) is 13.0 Å². The van der Waals surface area contributed by atoms with E-state index in [1.807, 2.05) is 54.6 Å². The van der Waals surface area contributed by atoms with Crippen molar-refractivity contribution in [1.29, 1.82) is 0 Å². The molecule has 0 radical (unpaired) electrons. The second kappa shape index (κ2) is 11.1. The quantitative estimate of drug-likeness (QED) is 0.443. The van der Waals surface area contributed by atoms with E-state index in [0.29, 0.717) is 12.1 Å². The van der Waals surface area contributed by atoms with Gasteiger partial charge in [-0.05, 0) is 53.5 Å². The van der Waals surface area contributed by atoms with Gasteiger partial charge in [0.15, 0.2) is 0 Å². The summed E-state index contributed by atoms with van der Waals surface area (Å²) in [6.07, 6.45) is 6.66. The average molecular weight is 452 g/mol. The van der Waals surface area contributed by atoms with Crippen molar-refractivity contribution in [3.05, 3.63) is 114 Å². The second-order valence-electron chi connectivity index (χ2n) is 8.08. The van der Waals surface area contributed by atoms with Gasteiger partial charge in [0.05, 0.1) is 12.8 Å². The molecule has 172 valence electrons. The summed E-state index contributed by atoms with van der Waals surface area (Å²) in [6.45, 7) is 5.63. The monoisotopic (exact) mass is 451 g/mol. The number of nitrogens with one attached hydrogen (secondary N) is 1. The number of hydrogen-bond acceptors (Lipinski definition) is 4. The highest BCUT2D eigenvalue weighted by Gasteiger charge is 2.19. The number of aliphatic imine (C=N–C) groups is 1. The van der Waals surface area contributed by atoms with Crippen molar-refractivity contribution >= 4 is 23.5 Å². The number of amides is 1. The molecule has 3 aromatic carbocycles. The SMILES string of the molecule is C=CCNC(=O)c1ccc2c(c1)N=C(/C=C/c1ccccc1)N(CCc1cccc(OC)c1)C2. The minimum absolute atomic E-state index is 0.125. The third-order valence-electron chi connectivity index (χ3n) is 5.70. The third-order valence-corrected chi connectivity index (χ3v) is 5.70. The molecule has 0 fully saturated rings. The topological polar surface area (TPSA) is 53.9 Å². The van der Waals surface area contributed by atoms with Crippen molar-refractivity contribution < 1.29 is 9.53 Å². The first-order chi connectivity index (χ1) is 16.7. The third kappa shape index (κ3) is 5.81. The van der Waals surface area contributed by atoms with Gasteiger partial charge in [-0.1, -0.05) is 60.7 Å². The molecule has 1 amide bonds. The molecule has 5 heteroatoms. The first kappa shape index (κ1) is 23.1. The highest BCUT2D eigenvalue weighted by Crippen LogP contribution is 2.28. The number of hydrogen-bond donors (Lipinski definition) is 1. The minimum atomic E-state index is -0.125. The van der Waals surface area contributed by atoms with E-state index < -0.39 is 0 Å². The molecule has 4 rings (SSSR count). The van der Waals surface area contributed by atoms with E-state index in [1.54, 1.807) is 13.2 Å². The maximum absolute atomic E-state index is 12.4. The Balaban J connectivity index is 1.60. The summed E-state index contributed by atoms with van der Waals surface area (Å²) >= 11 is 0. The molecule has 0 aromatic heterocycles. The Morgan fingerprint density at radius 3 is 2.74 bits per heavy atom. The highest BCUT2D eigenvalue weighted by molar-refractivity contribution is 6.00. The molecule has 0 bridgehead atoms. The first-order valence-corrected chi connectivity index (χ1v) is 11.4. The van der Waals surface area contributed by atoms with Gasteiger partial charge in [0, 0.05) is 25.2 Å². The van der Waals surface area contributed by atoms with Crippen LogP contribution in [0.4, 0.5) is 5.69 Å². The Bertz CT molecular complexity index is 1220. The molecule has 5 nitrogen and oxygen atoms in total. The molecule has 0 saturated carbocycles. The summed E-state index contributed by atoms with van der Waals surface area (Å²) in [5.41, 5.74) is 4.85. The van der Waals surface area contributed by atoms with Crippen molar-refractivity contribution in [2.75, 3.05) is 20.2 Å². The van der Waals surface area contributed by atoms with Crippen molar-refractivity contribution in [1.82, 2.24) is 10.2 Å². The van der Waals surface area contributed by atoms with E-state index in [-0.39, 0.29) is 5.91 Å². The molecule has 0 aliphatic carbocycles. The van der Waals surface area contributed by atoms with Gasteiger partial charge >= 0.3 is 0 Å². The summed E-state index contributed by atoms with van der Waals surface area (Å²) in [4.78, 5) is 19.6. The number of nitrogens with zero attached hydrogens (tertiary/aromatic N) is 2. The van der Waals surface area contributed by atoms with Crippen LogP contribution in [-0.2, 0) is 13.0 Å². The molecule has 1 aliphatic heterocycles. The Morgan fingerprint density at radius 1 is 1.09 bits per heavy atom. The van der Waals surface area contributed by atoms with Crippen molar-refractivity contribution in [3.8, 4) is 5.75 Å². The van der Waals surface area contributed by atoms with Gasteiger partial charge < -0.3 is 15.0 Å². The number of fused-ring (bicyclic) bond motifs is 1. The zero-order valence-electron chi connectivity index (χ0n) is 19.4. The summed E-state index contributed by atoms with van der Waals surface area (Å²) in [5.74, 6) is 1.62. The van der Waals surface area contributed by atoms with Crippen molar-refractivity contribution in [3.63, 3.8) is 0 Å². The molecular formula is C29H29N3O2. The molecule has 0 spiro atoms. The lowest BCUT2D eigenvalue weighted by molar-refractivity contribution is 0.0958. The van der Waals surface area contributed by atoms with Gasteiger partial charge in [-0.3, -0.25) is 4.79 Å². The zero-order chi connectivity index (χ0) is 23.8. The van der Waals surface area contributed by atoms with Gasteiger partial charge in [0.1, 0.15) is 11.6 Å². The minimum Gasteiger partial charge on any atom is -0.497 e. The Kier molecular flexibility index (Phi) is 7.56. The van der Waals surface area contributed by atoms with E-state index in [0.717, 1.165) is 47.9 Å². The van der Waals surface area contributed by atoms with Crippen LogP contribution in [0.3, 0.4) is 0 Å². The zero-order valence-corrected chi connectivity index (χ0v) is 19.4. The van der Waals surface area contributed by atoms with Gasteiger partial charge in [-0.2, -0.15) is 0 Å². The van der Waals surface area contributed by atoms with Gasteiger partial charge in [0.25, 0.3) is 5.91 Å². The van der Waals surface area contributed by atoms with Crippen LogP contribution in [-0.4, -0.2) is 36.8 Å². The van der Waals surface area contributed by atoms with E-state index >= 15 is 0 Å². The van der Waals surface area contributed by atoms with Crippen LogP contribution in [0.2, 0.25) is 0 Å². The molecule has 34 heavy (non-hydrogen) atoms. The molecule has 1 N–H and O–H groups in total. The Morgan fingerprint density at radius 2 is 1.94 bits per heavy atom. The number of methoxy groups -OCH3 is 1. The lowest BCUT2D eigenvalue weighted by atomic mass is 10.0. The van der Waals surface area contributed by atoms with Crippen molar-refractivity contribution in [2.24, 2.45) is 4.99 Å². The number of carbonyl (C=O) groups excluding carboxylic acids is 1. The molecule has 0 unspecified atom stereocenters. The van der Waals surface area contributed by atoms with E-state index in [4.69, 9.17) is 9.73 Å². The number of ether oxygens (including phenoxy) is 1. The lowest BCUT2D eigenvalue weighted by Gasteiger charge is -2.29. The van der Waals surface area contributed by atoms with Gasteiger partial charge in [0.2, 0.25) is 0 Å². The summed E-state index contributed by atoms with van der Waals surface area (Å²) in [5, 5.41) is 2.83. The molecule has 3 aromatic rings. The van der Waals surface area contributed by atoms with E-state index in [1.165, 1.54) is 5.56 Å². The molecule has 0 saturated heterocycles. The second-order valence-corrected chi connectivity index (χ2v) is 8.08. The summed E-state index contributed by atoms with van der Waals surface area (Å²) in [7, 11) is 1.69. The normalized spacial score (nSPS) is 12.7. The average Bonchev–Trinajstić information content (AvgIpc) is 2.89. The van der Waals surface area contributed by atoms with Crippen LogP contribution < -0.4 is 10.1 Å². The maximum Gasteiger partial charge on any atom is 0.251 e. The fraction of sp³-hybridized carbons (Fsp3) is 0.172. The number of rotatable bonds is 9. The Hall–Kier alpha value is -4.12. The summed E-state index contributed by atoms with van der Waals surface area (Å²) in [6, 6.07) is 24.1. The maximum atomic E-state index is 12.4. The Labute approximate surface area is 201 Å². The molecule has 1 aliphatic rings. The summed E-state index contributed by atoms with van der Waals surface area (Å²) < 4.78 is 5.37. The molecule has 1 heterocycles. The standard InChI is InChI=1S/C29H29N3O2/c1-3-17-30-29(33)24-13-14-25-21-32(18-16-23-10-7-11-26(19-23)34-2)28(31-27(25)20-24)15-12-22-8-5-4-6-9-22/h3-15,19-20H,1,16-18,21H2,2H3,(H,30,33)/b15-12+. The lowest BCUT2D eigenvalue weighted by Crippen LogP contribution is -2.33. The predicted molar refractivity (Wildman–Crippen MR) is 139 cm³/mol. The van der Waals surface area contributed by atoms with Crippen LogP contribution >= 0.6 is 0 Å². The number of carbonyl (C=O) groups is 1. The molecular weight excluding hydrogens is 422 g/mol. The van der Waals surface area contributed by atoms with Gasteiger partial charge in [-0.15, -0.1) is 6.58 Å². The van der Waals surface area contributed by atoms with Crippen LogP contribution in [0, 0.1) is 0 Å². The smallest absolute Gasteiger partial charge is 0.251 e. The van der Waals surface area contributed by atoms with Crippen LogP contribution in [0.1, 0.15) is 27.0 Å². The molecule has 0 atom stereocenters.